The topological polar surface area (TPSA) is 112 Å². The summed E-state index contributed by atoms with van der Waals surface area (Å²) in [5.74, 6) is 0.00488. The molecule has 10 heteroatoms. The van der Waals surface area contributed by atoms with Crippen LogP contribution >= 0.6 is 11.3 Å². The third-order valence-electron chi connectivity index (χ3n) is 5.05. The van der Waals surface area contributed by atoms with E-state index in [9.17, 15) is 18.5 Å². The van der Waals surface area contributed by atoms with Crippen molar-refractivity contribution in [3.05, 3.63) is 57.6 Å². The summed E-state index contributed by atoms with van der Waals surface area (Å²) >= 11 is 1.37. The number of benzene rings is 1. The number of thiophene rings is 1. The minimum atomic E-state index is -4.07. The van der Waals surface area contributed by atoms with Gasteiger partial charge in [0.05, 0.1) is 18.4 Å². The van der Waals surface area contributed by atoms with Gasteiger partial charge in [-0.2, -0.15) is 13.7 Å². The Morgan fingerprint density at radius 3 is 2.70 bits per heavy atom. The lowest BCUT2D eigenvalue weighted by Gasteiger charge is -2.23. The van der Waals surface area contributed by atoms with Crippen molar-refractivity contribution in [2.45, 2.75) is 19.3 Å². The van der Waals surface area contributed by atoms with Crippen molar-refractivity contribution in [1.82, 2.24) is 4.31 Å². The Kier molecular flexibility index (Phi) is 5.09. The van der Waals surface area contributed by atoms with Gasteiger partial charge in [-0.3, -0.25) is 4.79 Å². The molecule has 1 N–H and O–H groups in total. The predicted molar refractivity (Wildman–Crippen MR) is 114 cm³/mol. The Hall–Kier alpha value is -3.16. The van der Waals surface area contributed by atoms with Crippen molar-refractivity contribution in [3.8, 4) is 11.8 Å². The Morgan fingerprint density at radius 1 is 1.30 bits per heavy atom. The number of nitrogens with one attached hydrogen (secondary N) is 1. The van der Waals surface area contributed by atoms with E-state index in [0.717, 1.165) is 34.0 Å². The summed E-state index contributed by atoms with van der Waals surface area (Å²) in [6, 6.07) is 8.87. The highest BCUT2D eigenvalue weighted by Crippen LogP contribution is 2.39. The molecule has 0 saturated heterocycles. The zero-order chi connectivity index (χ0) is 21.5. The van der Waals surface area contributed by atoms with E-state index >= 15 is 0 Å². The molecule has 4 rings (SSSR count). The van der Waals surface area contributed by atoms with Crippen molar-refractivity contribution in [2.24, 2.45) is 4.40 Å². The zero-order valence-electron chi connectivity index (χ0n) is 16.3. The second kappa shape index (κ2) is 7.59. The van der Waals surface area contributed by atoms with Crippen molar-refractivity contribution >= 4 is 38.2 Å². The normalized spacial score (nSPS) is 16.9. The first-order valence-electron chi connectivity index (χ1n) is 9.15. The van der Waals surface area contributed by atoms with Crippen LogP contribution in [0.15, 0.2) is 40.4 Å². The Balaban J connectivity index is 1.68. The molecule has 2 aromatic rings. The molecule has 0 atom stereocenters. The molecule has 1 amide bonds. The minimum Gasteiger partial charge on any atom is -0.497 e. The standard InChI is InChI=1S/C20H18N4O4S2/c1-24-17(19(25)22-20-15(11-21)14-4-3-5-18(14)29-20)10-16(23-30(24,26)27)12-6-8-13(28-2)9-7-12/h6-10H,3-5H2,1-2H3,(H,22,25). The van der Waals surface area contributed by atoms with Crippen LogP contribution in [-0.4, -0.2) is 38.5 Å². The number of anilines is 1. The number of aryl methyl sites for hydroxylation is 1. The van der Waals surface area contributed by atoms with Crippen LogP contribution in [-0.2, 0) is 27.8 Å². The monoisotopic (exact) mass is 442 g/mol. The molecule has 0 bridgehead atoms. The molecule has 1 aromatic heterocycles. The van der Waals surface area contributed by atoms with Gasteiger partial charge in [-0.05, 0) is 55.2 Å². The molecule has 1 aliphatic carbocycles. The van der Waals surface area contributed by atoms with E-state index in [1.807, 2.05) is 0 Å². The van der Waals surface area contributed by atoms with Crippen LogP contribution in [0.4, 0.5) is 5.00 Å². The SMILES string of the molecule is COc1ccc(C2=NS(=O)(=O)N(C)C(C(=O)Nc3sc4c(c3C#N)CCC4)=C2)cc1. The minimum absolute atomic E-state index is 0.0757. The van der Waals surface area contributed by atoms with Crippen LogP contribution in [0.1, 0.15) is 28.0 Å². The Bertz CT molecular complexity index is 1230. The van der Waals surface area contributed by atoms with E-state index in [1.54, 1.807) is 24.3 Å². The van der Waals surface area contributed by atoms with Crippen molar-refractivity contribution in [1.29, 1.82) is 5.26 Å². The van der Waals surface area contributed by atoms with Gasteiger partial charge in [0, 0.05) is 17.5 Å². The van der Waals surface area contributed by atoms with Gasteiger partial charge in [0.25, 0.3) is 5.91 Å². The summed E-state index contributed by atoms with van der Waals surface area (Å²) in [5, 5.41) is 12.7. The van der Waals surface area contributed by atoms with E-state index in [-0.39, 0.29) is 11.4 Å². The van der Waals surface area contributed by atoms with Crippen LogP contribution in [0.5, 0.6) is 5.75 Å². The van der Waals surface area contributed by atoms with Gasteiger partial charge >= 0.3 is 10.2 Å². The summed E-state index contributed by atoms with van der Waals surface area (Å²) in [5.41, 5.74) is 2.05. The summed E-state index contributed by atoms with van der Waals surface area (Å²) in [7, 11) is -1.27. The highest BCUT2D eigenvalue weighted by atomic mass is 32.2. The summed E-state index contributed by atoms with van der Waals surface area (Å²) in [6.07, 6.45) is 4.12. The average molecular weight is 443 g/mol. The number of rotatable bonds is 4. The number of carbonyl (C=O) groups is 1. The molecule has 0 radical (unpaired) electrons. The van der Waals surface area contributed by atoms with Crippen molar-refractivity contribution in [3.63, 3.8) is 0 Å². The average Bonchev–Trinajstić information content (AvgIpc) is 3.30. The van der Waals surface area contributed by atoms with E-state index in [1.165, 1.54) is 31.6 Å². The molecule has 0 saturated carbocycles. The van der Waals surface area contributed by atoms with E-state index in [4.69, 9.17) is 4.74 Å². The van der Waals surface area contributed by atoms with Crippen LogP contribution < -0.4 is 10.1 Å². The number of nitriles is 1. The van der Waals surface area contributed by atoms with E-state index in [0.29, 0.717) is 21.9 Å². The molecular formula is C20H18N4O4S2. The fourth-order valence-electron chi connectivity index (χ4n) is 3.44. The fourth-order valence-corrected chi connectivity index (χ4v) is 5.59. The number of ether oxygens (including phenoxy) is 1. The molecule has 1 aromatic carbocycles. The molecule has 2 heterocycles. The lowest BCUT2D eigenvalue weighted by Crippen LogP contribution is -2.35. The molecule has 8 nitrogen and oxygen atoms in total. The summed E-state index contributed by atoms with van der Waals surface area (Å²) in [6.45, 7) is 0. The van der Waals surface area contributed by atoms with Gasteiger partial charge in [-0.15, -0.1) is 15.7 Å². The lowest BCUT2D eigenvalue weighted by atomic mass is 10.1. The Morgan fingerprint density at radius 2 is 2.03 bits per heavy atom. The summed E-state index contributed by atoms with van der Waals surface area (Å²) in [4.78, 5) is 14.1. The maximum atomic E-state index is 13.0. The van der Waals surface area contributed by atoms with E-state index < -0.39 is 16.1 Å². The molecule has 1 aliphatic heterocycles. The molecule has 2 aliphatic rings. The predicted octanol–water partition coefficient (Wildman–Crippen LogP) is 2.62. The molecule has 0 spiro atoms. The molecule has 154 valence electrons. The third-order valence-corrected chi connectivity index (χ3v) is 7.57. The van der Waals surface area contributed by atoms with Gasteiger partial charge in [0.1, 0.15) is 22.5 Å². The van der Waals surface area contributed by atoms with Crippen LogP contribution in [0.3, 0.4) is 0 Å². The zero-order valence-corrected chi connectivity index (χ0v) is 17.9. The van der Waals surface area contributed by atoms with Gasteiger partial charge in [-0.25, -0.2) is 4.31 Å². The highest BCUT2D eigenvalue weighted by molar-refractivity contribution is 7.88. The van der Waals surface area contributed by atoms with Crippen molar-refractivity contribution < 1.29 is 17.9 Å². The first-order valence-corrected chi connectivity index (χ1v) is 11.4. The molecular weight excluding hydrogens is 424 g/mol. The lowest BCUT2D eigenvalue weighted by molar-refractivity contribution is -0.113. The van der Waals surface area contributed by atoms with Gasteiger partial charge in [0.15, 0.2) is 0 Å². The quantitative estimate of drug-likeness (QED) is 0.782. The van der Waals surface area contributed by atoms with E-state index in [2.05, 4.69) is 15.8 Å². The maximum Gasteiger partial charge on any atom is 0.345 e. The number of allylic oxidation sites excluding steroid dienone is 1. The number of likely N-dealkylation sites (N-methyl/N-ethyl adjacent to an activating group) is 1. The number of carbonyl (C=O) groups excluding carboxylic acids is 1. The van der Waals surface area contributed by atoms with Gasteiger partial charge in [-0.1, -0.05) is 0 Å². The first kappa shape index (κ1) is 20.1. The van der Waals surface area contributed by atoms with Crippen LogP contribution in [0, 0.1) is 11.3 Å². The first-order chi connectivity index (χ1) is 14.3. The van der Waals surface area contributed by atoms with Crippen LogP contribution in [0.25, 0.3) is 0 Å². The second-order valence-corrected chi connectivity index (χ2v) is 9.54. The maximum absolute atomic E-state index is 13.0. The molecule has 0 fully saturated rings. The Labute approximate surface area is 178 Å². The van der Waals surface area contributed by atoms with Gasteiger partial charge in [0.2, 0.25) is 0 Å². The third kappa shape index (κ3) is 3.46. The number of methoxy groups -OCH3 is 1. The number of amides is 1. The number of nitrogens with zero attached hydrogens (tertiary/aromatic N) is 3. The second-order valence-electron chi connectivity index (χ2n) is 6.81. The van der Waals surface area contributed by atoms with Gasteiger partial charge < -0.3 is 10.1 Å². The summed E-state index contributed by atoms with van der Waals surface area (Å²) < 4.78 is 34.8. The number of hydrogen-bond donors (Lipinski definition) is 1. The number of hydrogen-bond acceptors (Lipinski definition) is 6. The molecule has 30 heavy (non-hydrogen) atoms. The fraction of sp³-hybridized carbons (Fsp3) is 0.250. The smallest absolute Gasteiger partial charge is 0.345 e. The highest BCUT2D eigenvalue weighted by Gasteiger charge is 2.31. The number of fused-ring (bicyclic) bond motifs is 1. The van der Waals surface area contributed by atoms with Crippen LogP contribution in [0.2, 0.25) is 0 Å². The van der Waals surface area contributed by atoms with Crippen molar-refractivity contribution in [2.75, 3.05) is 19.5 Å². The largest absolute Gasteiger partial charge is 0.497 e. The molecule has 0 unspecified atom stereocenters.